The smallest absolute Gasteiger partial charge is 0.333 e. The SMILES string of the molecule is C=C(C)C(=O)OC(CO)c1ccco1. The van der Waals surface area contributed by atoms with E-state index in [0.29, 0.717) is 5.76 Å². The van der Waals surface area contributed by atoms with Crippen LogP contribution in [0.5, 0.6) is 0 Å². The van der Waals surface area contributed by atoms with Crippen molar-refractivity contribution in [1.29, 1.82) is 0 Å². The van der Waals surface area contributed by atoms with E-state index in [2.05, 4.69) is 6.58 Å². The number of carbonyl (C=O) groups excluding carboxylic acids is 1. The lowest BCUT2D eigenvalue weighted by Crippen LogP contribution is -2.14. The lowest BCUT2D eigenvalue weighted by molar-refractivity contribution is -0.147. The first-order valence-corrected chi connectivity index (χ1v) is 4.16. The molecule has 4 heteroatoms. The number of ether oxygens (including phenoxy) is 1. The van der Waals surface area contributed by atoms with Crippen LogP contribution in [0.4, 0.5) is 0 Å². The molecule has 0 saturated heterocycles. The molecule has 4 nitrogen and oxygen atoms in total. The average molecular weight is 196 g/mol. The molecule has 1 heterocycles. The summed E-state index contributed by atoms with van der Waals surface area (Å²) in [7, 11) is 0. The summed E-state index contributed by atoms with van der Waals surface area (Å²) < 4.78 is 9.92. The summed E-state index contributed by atoms with van der Waals surface area (Å²) in [5, 5.41) is 8.96. The molecule has 0 saturated carbocycles. The third-order valence-corrected chi connectivity index (χ3v) is 1.62. The molecule has 0 aliphatic rings. The van der Waals surface area contributed by atoms with Crippen molar-refractivity contribution in [2.75, 3.05) is 6.61 Å². The van der Waals surface area contributed by atoms with Crippen LogP contribution in [0, 0.1) is 0 Å². The zero-order valence-corrected chi connectivity index (χ0v) is 7.90. The van der Waals surface area contributed by atoms with Gasteiger partial charge in [0.25, 0.3) is 0 Å². The van der Waals surface area contributed by atoms with Crippen molar-refractivity contribution in [2.45, 2.75) is 13.0 Å². The van der Waals surface area contributed by atoms with Crippen molar-refractivity contribution in [3.63, 3.8) is 0 Å². The van der Waals surface area contributed by atoms with Crippen LogP contribution >= 0.6 is 0 Å². The van der Waals surface area contributed by atoms with E-state index in [-0.39, 0.29) is 12.2 Å². The lowest BCUT2D eigenvalue weighted by Gasteiger charge is -2.12. The maximum atomic E-state index is 11.1. The number of hydrogen-bond donors (Lipinski definition) is 1. The van der Waals surface area contributed by atoms with Crippen LogP contribution in [0.15, 0.2) is 35.0 Å². The maximum absolute atomic E-state index is 11.1. The number of aliphatic hydroxyl groups excluding tert-OH is 1. The largest absolute Gasteiger partial charge is 0.465 e. The van der Waals surface area contributed by atoms with Gasteiger partial charge in [-0.2, -0.15) is 0 Å². The van der Waals surface area contributed by atoms with Gasteiger partial charge < -0.3 is 14.3 Å². The van der Waals surface area contributed by atoms with Gasteiger partial charge in [-0.3, -0.25) is 0 Å². The molecule has 1 N–H and O–H groups in total. The van der Waals surface area contributed by atoms with Crippen LogP contribution in [-0.2, 0) is 9.53 Å². The third kappa shape index (κ3) is 2.47. The fraction of sp³-hybridized carbons (Fsp3) is 0.300. The van der Waals surface area contributed by atoms with E-state index in [9.17, 15) is 4.79 Å². The first-order valence-electron chi connectivity index (χ1n) is 4.16. The van der Waals surface area contributed by atoms with Gasteiger partial charge in [-0.15, -0.1) is 0 Å². The first-order chi connectivity index (χ1) is 6.65. The fourth-order valence-electron chi connectivity index (χ4n) is 0.890. The number of furan rings is 1. The predicted octanol–water partition coefficient (Wildman–Crippen LogP) is 1.43. The molecule has 1 rings (SSSR count). The molecule has 0 aromatic carbocycles. The fourth-order valence-corrected chi connectivity index (χ4v) is 0.890. The van der Waals surface area contributed by atoms with E-state index in [4.69, 9.17) is 14.3 Å². The highest BCUT2D eigenvalue weighted by atomic mass is 16.6. The van der Waals surface area contributed by atoms with Crippen molar-refractivity contribution < 1.29 is 19.1 Å². The molecule has 14 heavy (non-hydrogen) atoms. The Morgan fingerprint density at radius 2 is 2.50 bits per heavy atom. The van der Waals surface area contributed by atoms with Crippen molar-refractivity contribution in [2.24, 2.45) is 0 Å². The molecule has 0 spiro atoms. The number of carbonyl (C=O) groups is 1. The molecule has 76 valence electrons. The monoisotopic (exact) mass is 196 g/mol. The van der Waals surface area contributed by atoms with Gasteiger partial charge in [-0.25, -0.2) is 4.79 Å². The molecular weight excluding hydrogens is 184 g/mol. The molecule has 0 fully saturated rings. The van der Waals surface area contributed by atoms with Crippen LogP contribution in [0.3, 0.4) is 0 Å². The van der Waals surface area contributed by atoms with Gasteiger partial charge in [0.2, 0.25) is 0 Å². The summed E-state index contributed by atoms with van der Waals surface area (Å²) in [4.78, 5) is 11.1. The summed E-state index contributed by atoms with van der Waals surface area (Å²) in [5.41, 5.74) is 0.287. The van der Waals surface area contributed by atoms with E-state index in [1.54, 1.807) is 19.1 Å². The minimum absolute atomic E-state index is 0.287. The number of esters is 1. The molecule has 0 aliphatic carbocycles. The second-order valence-electron chi connectivity index (χ2n) is 2.87. The Morgan fingerprint density at radius 1 is 1.79 bits per heavy atom. The van der Waals surface area contributed by atoms with Crippen LogP contribution in [-0.4, -0.2) is 17.7 Å². The average Bonchev–Trinajstić information content (AvgIpc) is 2.66. The molecule has 1 atom stereocenters. The van der Waals surface area contributed by atoms with Crippen molar-refractivity contribution >= 4 is 5.97 Å². The number of rotatable bonds is 4. The van der Waals surface area contributed by atoms with Crippen molar-refractivity contribution in [3.8, 4) is 0 Å². The summed E-state index contributed by atoms with van der Waals surface area (Å²) in [5.74, 6) is -0.123. The Balaban J connectivity index is 2.65. The molecule has 0 aliphatic heterocycles. The summed E-state index contributed by atoms with van der Waals surface area (Å²) >= 11 is 0. The Bertz CT molecular complexity index is 313. The van der Waals surface area contributed by atoms with E-state index in [1.165, 1.54) is 6.26 Å². The summed E-state index contributed by atoms with van der Waals surface area (Å²) in [6.07, 6.45) is 0.696. The van der Waals surface area contributed by atoms with Crippen LogP contribution in [0.1, 0.15) is 18.8 Å². The standard InChI is InChI=1S/C10H12O4/c1-7(2)10(12)14-9(6-11)8-4-3-5-13-8/h3-5,9,11H,1,6H2,2H3. The maximum Gasteiger partial charge on any atom is 0.333 e. The molecular formula is C10H12O4. The molecule has 1 unspecified atom stereocenters. The number of hydrogen-bond acceptors (Lipinski definition) is 4. The molecule has 0 amide bonds. The van der Waals surface area contributed by atoms with E-state index >= 15 is 0 Å². The normalized spacial score (nSPS) is 12.1. The van der Waals surface area contributed by atoms with Gasteiger partial charge >= 0.3 is 5.97 Å². The summed E-state index contributed by atoms with van der Waals surface area (Å²) in [6, 6.07) is 3.29. The Morgan fingerprint density at radius 3 is 2.93 bits per heavy atom. The van der Waals surface area contributed by atoms with Crippen LogP contribution < -0.4 is 0 Å². The minimum Gasteiger partial charge on any atom is -0.465 e. The van der Waals surface area contributed by atoms with Crippen molar-refractivity contribution in [3.05, 3.63) is 36.3 Å². The zero-order chi connectivity index (χ0) is 10.6. The Kier molecular flexibility index (Phi) is 3.48. The Hall–Kier alpha value is -1.55. The van der Waals surface area contributed by atoms with E-state index in [0.717, 1.165) is 0 Å². The molecule has 1 aromatic rings. The van der Waals surface area contributed by atoms with Crippen LogP contribution in [0.25, 0.3) is 0 Å². The topological polar surface area (TPSA) is 59.7 Å². The van der Waals surface area contributed by atoms with Gasteiger partial charge in [0.15, 0.2) is 6.10 Å². The van der Waals surface area contributed by atoms with E-state index < -0.39 is 12.1 Å². The van der Waals surface area contributed by atoms with Gasteiger partial charge in [0.1, 0.15) is 5.76 Å². The van der Waals surface area contributed by atoms with Gasteiger partial charge in [0, 0.05) is 5.57 Å². The highest BCUT2D eigenvalue weighted by molar-refractivity contribution is 5.87. The number of aliphatic hydroxyl groups is 1. The van der Waals surface area contributed by atoms with E-state index in [1.807, 2.05) is 0 Å². The van der Waals surface area contributed by atoms with Crippen LogP contribution in [0.2, 0.25) is 0 Å². The lowest BCUT2D eigenvalue weighted by atomic mass is 10.3. The molecule has 1 aromatic heterocycles. The van der Waals surface area contributed by atoms with Crippen molar-refractivity contribution in [1.82, 2.24) is 0 Å². The zero-order valence-electron chi connectivity index (χ0n) is 7.90. The van der Waals surface area contributed by atoms with Gasteiger partial charge in [0.05, 0.1) is 12.9 Å². The van der Waals surface area contributed by atoms with Gasteiger partial charge in [-0.1, -0.05) is 6.58 Å². The molecule has 0 bridgehead atoms. The predicted molar refractivity (Wildman–Crippen MR) is 49.4 cm³/mol. The second-order valence-corrected chi connectivity index (χ2v) is 2.87. The Labute approximate surface area is 81.8 Å². The highest BCUT2D eigenvalue weighted by Gasteiger charge is 2.18. The second kappa shape index (κ2) is 4.62. The van der Waals surface area contributed by atoms with Gasteiger partial charge in [-0.05, 0) is 19.1 Å². The first kappa shape index (κ1) is 10.5. The summed E-state index contributed by atoms with van der Waals surface area (Å²) in [6.45, 7) is 4.66. The third-order valence-electron chi connectivity index (χ3n) is 1.62. The quantitative estimate of drug-likeness (QED) is 0.584. The highest BCUT2D eigenvalue weighted by Crippen LogP contribution is 2.18. The minimum atomic E-state index is -0.755. The molecule has 0 radical (unpaired) electrons.